The van der Waals surface area contributed by atoms with E-state index in [1.54, 1.807) is 4.68 Å². The van der Waals surface area contributed by atoms with Crippen LogP contribution in [0.1, 0.15) is 6.92 Å². The molecule has 1 fully saturated rings. The molecule has 9 heteroatoms. The fraction of sp³-hybridized carbons (Fsp3) is 0.500. The number of hydrogen-bond acceptors (Lipinski definition) is 7. The Morgan fingerprint density at radius 2 is 1.92 bits per heavy atom. The van der Waals surface area contributed by atoms with Gasteiger partial charge in [0, 0.05) is 26.2 Å². The Morgan fingerprint density at radius 3 is 2.60 bits per heavy atom. The number of ether oxygens (including phenoxy) is 1. The number of piperazine rings is 1. The molecule has 1 amide bonds. The van der Waals surface area contributed by atoms with Gasteiger partial charge in [-0.25, -0.2) is 0 Å². The topological polar surface area (TPSA) is 76.4 Å². The second-order valence-corrected chi connectivity index (χ2v) is 6.72. The van der Waals surface area contributed by atoms with Crippen LogP contribution >= 0.6 is 11.8 Å². The molecule has 8 nitrogen and oxygen atoms in total. The van der Waals surface area contributed by atoms with Crippen molar-refractivity contribution in [1.29, 1.82) is 0 Å². The molecular weight excluding hydrogens is 340 g/mol. The maximum absolute atomic E-state index is 12.4. The van der Waals surface area contributed by atoms with Gasteiger partial charge < -0.3 is 14.5 Å². The van der Waals surface area contributed by atoms with Crippen LogP contribution in [0.25, 0.3) is 5.69 Å². The third kappa shape index (κ3) is 4.49. The predicted molar refractivity (Wildman–Crippen MR) is 95.1 cm³/mol. The summed E-state index contributed by atoms with van der Waals surface area (Å²) in [4.78, 5) is 16.5. The molecule has 0 aliphatic carbocycles. The van der Waals surface area contributed by atoms with Crippen LogP contribution < -0.4 is 4.74 Å². The summed E-state index contributed by atoms with van der Waals surface area (Å²) in [5.41, 5.74) is 0.836. The molecule has 0 bridgehead atoms. The van der Waals surface area contributed by atoms with E-state index in [-0.39, 0.29) is 5.91 Å². The normalized spacial score (nSPS) is 15.4. The van der Waals surface area contributed by atoms with Crippen molar-refractivity contribution in [3.63, 3.8) is 0 Å². The molecule has 1 aromatic carbocycles. The third-order valence-corrected chi connectivity index (χ3v) is 4.92. The maximum atomic E-state index is 12.4. The summed E-state index contributed by atoms with van der Waals surface area (Å²) in [7, 11) is 2.07. The van der Waals surface area contributed by atoms with Crippen molar-refractivity contribution in [3.05, 3.63) is 24.3 Å². The van der Waals surface area contributed by atoms with Gasteiger partial charge in [0.25, 0.3) is 0 Å². The molecule has 3 rings (SSSR count). The number of tetrazole rings is 1. The summed E-state index contributed by atoms with van der Waals surface area (Å²) in [6, 6.07) is 7.55. The Labute approximate surface area is 151 Å². The van der Waals surface area contributed by atoms with Gasteiger partial charge in [0.15, 0.2) is 0 Å². The standard InChI is InChI=1S/C16H22N6O2S/c1-3-24-14-6-4-13(5-7-14)22-16(17-18-19-22)25-12-15(23)21-10-8-20(2)9-11-21/h4-7H,3,8-12H2,1-2H3. The molecule has 0 spiro atoms. The summed E-state index contributed by atoms with van der Waals surface area (Å²) < 4.78 is 7.08. The SMILES string of the molecule is CCOc1ccc(-n2nnnc2SCC(=O)N2CCN(C)CC2)cc1. The number of likely N-dealkylation sites (N-methyl/N-ethyl adjacent to an activating group) is 1. The first kappa shape index (κ1) is 17.7. The first-order valence-electron chi connectivity index (χ1n) is 8.28. The number of hydrogen-bond donors (Lipinski definition) is 0. The highest BCUT2D eigenvalue weighted by Crippen LogP contribution is 2.21. The molecular formula is C16H22N6O2S. The lowest BCUT2D eigenvalue weighted by Crippen LogP contribution is -2.47. The van der Waals surface area contributed by atoms with Crippen molar-refractivity contribution in [2.75, 3.05) is 45.6 Å². The summed E-state index contributed by atoms with van der Waals surface area (Å²) >= 11 is 1.36. The highest BCUT2D eigenvalue weighted by atomic mass is 32.2. The number of thioether (sulfide) groups is 1. The van der Waals surface area contributed by atoms with E-state index in [1.165, 1.54) is 11.8 Å². The molecule has 1 saturated heterocycles. The van der Waals surface area contributed by atoms with E-state index in [2.05, 4.69) is 27.5 Å². The summed E-state index contributed by atoms with van der Waals surface area (Å²) in [6.07, 6.45) is 0. The summed E-state index contributed by atoms with van der Waals surface area (Å²) in [5, 5.41) is 12.4. The number of benzene rings is 1. The van der Waals surface area contributed by atoms with E-state index in [0.717, 1.165) is 37.6 Å². The molecule has 1 aromatic heterocycles. The van der Waals surface area contributed by atoms with Crippen molar-refractivity contribution < 1.29 is 9.53 Å². The first-order chi connectivity index (χ1) is 12.2. The quantitative estimate of drug-likeness (QED) is 0.708. The monoisotopic (exact) mass is 362 g/mol. The van der Waals surface area contributed by atoms with Crippen molar-refractivity contribution in [2.45, 2.75) is 12.1 Å². The number of aromatic nitrogens is 4. The van der Waals surface area contributed by atoms with Gasteiger partial charge in [0.1, 0.15) is 5.75 Å². The minimum Gasteiger partial charge on any atom is -0.494 e. The first-order valence-corrected chi connectivity index (χ1v) is 9.26. The summed E-state index contributed by atoms with van der Waals surface area (Å²) in [6.45, 7) is 5.96. The van der Waals surface area contributed by atoms with Crippen molar-refractivity contribution in [2.24, 2.45) is 0 Å². The van der Waals surface area contributed by atoms with E-state index in [4.69, 9.17) is 4.74 Å². The van der Waals surface area contributed by atoms with Crippen molar-refractivity contribution in [1.82, 2.24) is 30.0 Å². The molecule has 1 aliphatic rings. The van der Waals surface area contributed by atoms with Gasteiger partial charge in [-0.2, -0.15) is 4.68 Å². The maximum Gasteiger partial charge on any atom is 0.233 e. The van der Waals surface area contributed by atoms with Gasteiger partial charge in [-0.3, -0.25) is 4.79 Å². The van der Waals surface area contributed by atoms with E-state index >= 15 is 0 Å². The van der Waals surface area contributed by atoms with Crippen LogP contribution in [0, 0.1) is 0 Å². The average Bonchev–Trinajstić information content (AvgIpc) is 3.10. The number of amides is 1. The number of carbonyl (C=O) groups excluding carboxylic acids is 1. The van der Waals surface area contributed by atoms with Crippen LogP contribution in [0.3, 0.4) is 0 Å². The fourth-order valence-electron chi connectivity index (χ4n) is 2.55. The van der Waals surface area contributed by atoms with E-state index in [0.29, 0.717) is 17.5 Å². The lowest BCUT2D eigenvalue weighted by molar-refractivity contribution is -0.129. The van der Waals surface area contributed by atoms with Gasteiger partial charge in [-0.15, -0.1) is 5.10 Å². The molecule has 25 heavy (non-hydrogen) atoms. The minimum atomic E-state index is 0.124. The van der Waals surface area contributed by atoms with E-state index < -0.39 is 0 Å². The molecule has 2 aromatic rings. The highest BCUT2D eigenvalue weighted by molar-refractivity contribution is 7.99. The van der Waals surface area contributed by atoms with E-state index in [1.807, 2.05) is 36.1 Å². The molecule has 0 atom stereocenters. The van der Waals surface area contributed by atoms with E-state index in [9.17, 15) is 4.79 Å². The zero-order valence-electron chi connectivity index (χ0n) is 14.5. The molecule has 0 saturated carbocycles. The Bertz CT molecular complexity index is 697. The van der Waals surface area contributed by atoms with Gasteiger partial charge in [0.2, 0.25) is 11.1 Å². The average molecular weight is 362 g/mol. The van der Waals surface area contributed by atoms with Crippen molar-refractivity contribution in [3.8, 4) is 11.4 Å². The molecule has 134 valence electrons. The number of carbonyl (C=O) groups is 1. The zero-order chi connectivity index (χ0) is 17.6. The van der Waals surface area contributed by atoms with Gasteiger partial charge in [0.05, 0.1) is 18.0 Å². The Morgan fingerprint density at radius 1 is 1.20 bits per heavy atom. The van der Waals surface area contributed by atoms with Crippen molar-refractivity contribution >= 4 is 17.7 Å². The molecule has 0 unspecified atom stereocenters. The largest absolute Gasteiger partial charge is 0.494 e. The Kier molecular flexibility index (Phi) is 5.87. The summed E-state index contributed by atoms with van der Waals surface area (Å²) in [5.74, 6) is 1.26. The molecule has 2 heterocycles. The second-order valence-electron chi connectivity index (χ2n) is 5.77. The number of rotatable bonds is 6. The Balaban J connectivity index is 1.61. The van der Waals surface area contributed by atoms with Crippen LogP contribution in [0.2, 0.25) is 0 Å². The Hall–Kier alpha value is -2.13. The fourth-order valence-corrected chi connectivity index (χ4v) is 3.35. The van der Waals surface area contributed by atoms with Crippen LogP contribution in [-0.2, 0) is 4.79 Å². The number of nitrogens with zero attached hydrogens (tertiary/aromatic N) is 6. The smallest absolute Gasteiger partial charge is 0.233 e. The van der Waals surface area contributed by atoms with Crippen LogP contribution in [0.15, 0.2) is 29.4 Å². The lowest BCUT2D eigenvalue weighted by atomic mass is 10.3. The van der Waals surface area contributed by atoms with Crippen LogP contribution in [0.4, 0.5) is 0 Å². The van der Waals surface area contributed by atoms with Gasteiger partial charge in [-0.05, 0) is 48.7 Å². The molecule has 0 N–H and O–H groups in total. The van der Waals surface area contributed by atoms with Gasteiger partial charge >= 0.3 is 0 Å². The minimum absolute atomic E-state index is 0.124. The predicted octanol–water partition coefficient (Wildman–Crippen LogP) is 0.927. The molecule has 0 radical (unpaired) electrons. The second kappa shape index (κ2) is 8.30. The zero-order valence-corrected chi connectivity index (χ0v) is 15.3. The highest BCUT2D eigenvalue weighted by Gasteiger charge is 2.20. The molecule has 1 aliphatic heterocycles. The van der Waals surface area contributed by atoms with Crippen LogP contribution in [-0.4, -0.2) is 81.5 Å². The third-order valence-electron chi connectivity index (χ3n) is 4.01. The van der Waals surface area contributed by atoms with Crippen LogP contribution in [0.5, 0.6) is 5.75 Å². The van der Waals surface area contributed by atoms with Gasteiger partial charge in [-0.1, -0.05) is 11.8 Å². The lowest BCUT2D eigenvalue weighted by Gasteiger charge is -2.32.